The van der Waals surface area contributed by atoms with Gasteiger partial charge in [0.05, 0.1) is 17.1 Å². The third-order valence-corrected chi connectivity index (χ3v) is 6.55. The SMILES string of the molecule is C[C@H]1CCCC[C@H]1NC(=O)COC(=O)CCS(=O)(=O)c1ccc(Cl)cc1. The highest BCUT2D eigenvalue weighted by Crippen LogP contribution is 2.23. The molecule has 8 heteroatoms. The second-order valence-electron chi connectivity index (χ2n) is 6.62. The van der Waals surface area contributed by atoms with Crippen LogP contribution in [0.4, 0.5) is 0 Å². The number of esters is 1. The van der Waals surface area contributed by atoms with Crippen LogP contribution < -0.4 is 5.32 Å². The van der Waals surface area contributed by atoms with Crippen molar-refractivity contribution in [3.05, 3.63) is 29.3 Å². The van der Waals surface area contributed by atoms with E-state index in [9.17, 15) is 18.0 Å². The van der Waals surface area contributed by atoms with E-state index in [1.54, 1.807) is 0 Å². The first-order valence-electron chi connectivity index (χ1n) is 8.71. The van der Waals surface area contributed by atoms with Gasteiger partial charge in [0.2, 0.25) is 0 Å². The summed E-state index contributed by atoms with van der Waals surface area (Å²) in [5.74, 6) is -1.03. The number of sulfone groups is 1. The van der Waals surface area contributed by atoms with Crippen LogP contribution in [0.1, 0.15) is 39.0 Å². The number of amides is 1. The Morgan fingerprint density at radius 3 is 2.50 bits per heavy atom. The van der Waals surface area contributed by atoms with Crippen LogP contribution >= 0.6 is 11.6 Å². The van der Waals surface area contributed by atoms with Crippen molar-refractivity contribution < 1.29 is 22.7 Å². The summed E-state index contributed by atoms with van der Waals surface area (Å²) in [6.07, 6.45) is 3.95. The molecule has 0 bridgehead atoms. The monoisotopic (exact) mass is 401 g/mol. The largest absolute Gasteiger partial charge is 0.456 e. The summed E-state index contributed by atoms with van der Waals surface area (Å²) in [5, 5.41) is 3.31. The van der Waals surface area contributed by atoms with Gasteiger partial charge in [-0.05, 0) is 43.0 Å². The predicted molar refractivity (Wildman–Crippen MR) is 98.6 cm³/mol. The molecular weight excluding hydrogens is 378 g/mol. The molecule has 0 saturated heterocycles. The maximum absolute atomic E-state index is 12.2. The molecule has 144 valence electrons. The second-order valence-corrected chi connectivity index (χ2v) is 9.16. The van der Waals surface area contributed by atoms with Crippen LogP contribution in [-0.2, 0) is 24.2 Å². The van der Waals surface area contributed by atoms with Crippen molar-refractivity contribution in [3.8, 4) is 0 Å². The number of ether oxygens (including phenoxy) is 1. The first-order chi connectivity index (χ1) is 12.3. The van der Waals surface area contributed by atoms with Gasteiger partial charge < -0.3 is 10.1 Å². The molecule has 1 aliphatic carbocycles. The molecule has 0 aromatic heterocycles. The van der Waals surface area contributed by atoms with E-state index in [-0.39, 0.29) is 35.6 Å². The van der Waals surface area contributed by atoms with Crippen molar-refractivity contribution in [2.24, 2.45) is 5.92 Å². The van der Waals surface area contributed by atoms with E-state index < -0.39 is 15.8 Å². The van der Waals surface area contributed by atoms with Gasteiger partial charge in [0, 0.05) is 11.1 Å². The van der Waals surface area contributed by atoms with Crippen molar-refractivity contribution in [1.82, 2.24) is 5.32 Å². The van der Waals surface area contributed by atoms with Gasteiger partial charge >= 0.3 is 5.97 Å². The number of nitrogens with one attached hydrogen (secondary N) is 1. The zero-order chi connectivity index (χ0) is 19.2. The molecule has 1 saturated carbocycles. The van der Waals surface area contributed by atoms with E-state index in [0.717, 1.165) is 19.3 Å². The molecule has 0 heterocycles. The maximum atomic E-state index is 12.2. The lowest BCUT2D eigenvalue weighted by Crippen LogP contribution is -2.42. The number of halogens is 1. The van der Waals surface area contributed by atoms with Crippen LogP contribution in [0.25, 0.3) is 0 Å². The van der Waals surface area contributed by atoms with E-state index in [1.165, 1.54) is 30.7 Å². The molecule has 2 atom stereocenters. The number of benzene rings is 1. The minimum atomic E-state index is -3.60. The fourth-order valence-electron chi connectivity index (χ4n) is 2.97. The molecule has 0 radical (unpaired) electrons. The molecule has 6 nitrogen and oxygen atoms in total. The van der Waals surface area contributed by atoms with Crippen LogP contribution in [0, 0.1) is 5.92 Å². The second kappa shape index (κ2) is 9.37. The molecule has 1 aromatic rings. The molecule has 1 N–H and O–H groups in total. The van der Waals surface area contributed by atoms with Gasteiger partial charge in [0.25, 0.3) is 5.91 Å². The Kier molecular flexibility index (Phi) is 7.46. The van der Waals surface area contributed by atoms with E-state index in [4.69, 9.17) is 16.3 Å². The lowest BCUT2D eigenvalue weighted by Gasteiger charge is -2.29. The topological polar surface area (TPSA) is 89.5 Å². The summed E-state index contributed by atoms with van der Waals surface area (Å²) in [5.41, 5.74) is 0. The summed E-state index contributed by atoms with van der Waals surface area (Å²) in [6.45, 7) is 1.71. The molecule has 1 fully saturated rings. The lowest BCUT2D eigenvalue weighted by atomic mass is 9.86. The van der Waals surface area contributed by atoms with E-state index in [1.807, 2.05) is 0 Å². The Labute approximate surface area is 159 Å². The molecule has 0 aliphatic heterocycles. The van der Waals surface area contributed by atoms with Gasteiger partial charge in [-0.3, -0.25) is 9.59 Å². The van der Waals surface area contributed by atoms with E-state index in [0.29, 0.717) is 10.9 Å². The van der Waals surface area contributed by atoms with Crippen molar-refractivity contribution in [2.45, 2.75) is 50.0 Å². The van der Waals surface area contributed by atoms with Crippen LogP contribution in [0.3, 0.4) is 0 Å². The number of hydrogen-bond donors (Lipinski definition) is 1. The summed E-state index contributed by atoms with van der Waals surface area (Å²) >= 11 is 5.73. The normalized spacial score (nSPS) is 20.4. The number of rotatable bonds is 7. The van der Waals surface area contributed by atoms with Crippen LogP contribution in [0.15, 0.2) is 29.2 Å². The fraction of sp³-hybridized carbons (Fsp3) is 0.556. The van der Waals surface area contributed by atoms with E-state index in [2.05, 4.69) is 12.2 Å². The standard InChI is InChI=1S/C18H24ClNO5S/c1-13-4-2-3-5-16(13)20-17(21)12-25-18(22)10-11-26(23,24)15-8-6-14(19)7-9-15/h6-9,13,16H,2-5,10-12H2,1H3,(H,20,21)/t13-,16+/m0/s1. The highest BCUT2D eigenvalue weighted by molar-refractivity contribution is 7.91. The zero-order valence-corrected chi connectivity index (χ0v) is 16.3. The smallest absolute Gasteiger partial charge is 0.307 e. The minimum Gasteiger partial charge on any atom is -0.456 e. The Morgan fingerprint density at radius 1 is 1.19 bits per heavy atom. The van der Waals surface area contributed by atoms with Gasteiger partial charge in [-0.25, -0.2) is 8.42 Å². The lowest BCUT2D eigenvalue weighted by molar-refractivity contribution is -0.148. The van der Waals surface area contributed by atoms with Gasteiger partial charge in [-0.2, -0.15) is 0 Å². The molecule has 2 rings (SSSR count). The zero-order valence-electron chi connectivity index (χ0n) is 14.7. The fourth-order valence-corrected chi connectivity index (χ4v) is 4.32. The summed E-state index contributed by atoms with van der Waals surface area (Å²) in [6, 6.07) is 5.84. The van der Waals surface area contributed by atoms with Crippen molar-refractivity contribution in [1.29, 1.82) is 0 Å². The maximum Gasteiger partial charge on any atom is 0.307 e. The first-order valence-corrected chi connectivity index (χ1v) is 10.7. The Bertz CT molecular complexity index is 732. The predicted octanol–water partition coefficient (Wildman–Crippen LogP) is 2.74. The Hall–Kier alpha value is -1.60. The quantitative estimate of drug-likeness (QED) is 0.709. The van der Waals surface area contributed by atoms with Gasteiger partial charge in [-0.15, -0.1) is 0 Å². The molecule has 0 unspecified atom stereocenters. The van der Waals surface area contributed by atoms with Crippen LogP contribution in [-0.4, -0.2) is 38.7 Å². The van der Waals surface area contributed by atoms with Gasteiger partial charge in [-0.1, -0.05) is 31.4 Å². The number of carbonyl (C=O) groups is 2. The molecule has 1 amide bonds. The molecule has 0 spiro atoms. The Balaban J connectivity index is 1.74. The molecular formula is C18H24ClNO5S. The van der Waals surface area contributed by atoms with E-state index >= 15 is 0 Å². The first kappa shape index (κ1) is 20.7. The number of carbonyl (C=O) groups excluding carboxylic acids is 2. The highest BCUT2D eigenvalue weighted by atomic mass is 35.5. The molecule has 1 aliphatic rings. The van der Waals surface area contributed by atoms with Crippen LogP contribution in [0.2, 0.25) is 5.02 Å². The van der Waals surface area contributed by atoms with Gasteiger partial charge in [0.15, 0.2) is 16.4 Å². The third kappa shape index (κ3) is 6.29. The molecule has 26 heavy (non-hydrogen) atoms. The van der Waals surface area contributed by atoms with Crippen LogP contribution in [0.5, 0.6) is 0 Å². The average molecular weight is 402 g/mol. The summed E-state index contributed by atoms with van der Waals surface area (Å²) in [7, 11) is -3.60. The summed E-state index contributed by atoms with van der Waals surface area (Å²) < 4.78 is 29.2. The van der Waals surface area contributed by atoms with Gasteiger partial charge in [0.1, 0.15) is 0 Å². The summed E-state index contributed by atoms with van der Waals surface area (Å²) in [4.78, 5) is 23.7. The molecule has 1 aromatic carbocycles. The van der Waals surface area contributed by atoms with Crippen molar-refractivity contribution >= 4 is 33.3 Å². The highest BCUT2D eigenvalue weighted by Gasteiger charge is 2.23. The third-order valence-electron chi connectivity index (χ3n) is 4.57. The Morgan fingerprint density at radius 2 is 1.85 bits per heavy atom. The number of hydrogen-bond acceptors (Lipinski definition) is 5. The average Bonchev–Trinajstić information content (AvgIpc) is 2.60. The minimum absolute atomic E-state index is 0.0960. The van der Waals surface area contributed by atoms with Crippen molar-refractivity contribution in [3.63, 3.8) is 0 Å². The van der Waals surface area contributed by atoms with Crippen molar-refractivity contribution in [2.75, 3.05) is 12.4 Å².